The van der Waals surface area contributed by atoms with Gasteiger partial charge in [-0.1, -0.05) is 0 Å². The minimum absolute atomic E-state index is 0.0960. The van der Waals surface area contributed by atoms with E-state index in [0.717, 1.165) is 35.5 Å². The molecule has 3 heterocycles. The summed E-state index contributed by atoms with van der Waals surface area (Å²) in [5, 5.41) is 4.56. The van der Waals surface area contributed by atoms with Crippen LogP contribution in [0.25, 0.3) is 10.2 Å². The maximum atomic E-state index is 5.59. The maximum absolute atomic E-state index is 5.59. The normalized spacial score (nSPS) is 22.9. The van der Waals surface area contributed by atoms with Crippen molar-refractivity contribution in [1.29, 1.82) is 0 Å². The molecule has 1 unspecified atom stereocenters. The average Bonchev–Trinajstić information content (AvgIpc) is 2.79. The lowest BCUT2D eigenvalue weighted by Crippen LogP contribution is -2.43. The second-order valence-electron chi connectivity index (χ2n) is 5.46. The number of hydrazine groups is 1. The van der Waals surface area contributed by atoms with Gasteiger partial charge in [0.2, 0.25) is 5.95 Å². The maximum Gasteiger partial charge on any atom is 0.240 e. The molecule has 2 aromatic heterocycles. The summed E-state index contributed by atoms with van der Waals surface area (Å²) in [7, 11) is 0. The fraction of sp³-hybridized carbons (Fsp3) is 0.538. The van der Waals surface area contributed by atoms with Crippen LogP contribution in [-0.2, 0) is 4.74 Å². The molecule has 1 aliphatic rings. The van der Waals surface area contributed by atoms with Gasteiger partial charge in [-0.15, -0.1) is 11.3 Å². The Kier molecular flexibility index (Phi) is 3.49. The van der Waals surface area contributed by atoms with Crippen LogP contribution in [0.2, 0.25) is 0 Å². The predicted molar refractivity (Wildman–Crippen MR) is 82.0 cm³/mol. The fourth-order valence-electron chi connectivity index (χ4n) is 2.52. The third kappa shape index (κ3) is 2.56. The molecular weight excluding hydrogens is 274 g/mol. The summed E-state index contributed by atoms with van der Waals surface area (Å²) in [6.45, 7) is 5.75. The van der Waals surface area contributed by atoms with E-state index in [1.54, 1.807) is 11.3 Å². The highest BCUT2D eigenvalue weighted by Crippen LogP contribution is 2.32. The van der Waals surface area contributed by atoms with E-state index in [1.807, 2.05) is 0 Å². The van der Waals surface area contributed by atoms with Crippen molar-refractivity contribution in [3.8, 4) is 0 Å². The molecule has 0 bridgehead atoms. The molecule has 6 nitrogen and oxygen atoms in total. The largest absolute Gasteiger partial charge is 0.379 e. The summed E-state index contributed by atoms with van der Waals surface area (Å²) in [5.74, 6) is 6.71. The molecule has 108 valence electrons. The van der Waals surface area contributed by atoms with E-state index in [4.69, 9.17) is 10.6 Å². The lowest BCUT2D eigenvalue weighted by atomic mass is 9.95. The van der Waals surface area contributed by atoms with E-state index < -0.39 is 0 Å². The Morgan fingerprint density at radius 3 is 3.00 bits per heavy atom. The second kappa shape index (κ2) is 5.16. The van der Waals surface area contributed by atoms with Crippen molar-refractivity contribution in [1.82, 2.24) is 9.97 Å². The van der Waals surface area contributed by atoms with Gasteiger partial charge in [0.15, 0.2) is 0 Å². The molecule has 20 heavy (non-hydrogen) atoms. The predicted octanol–water partition coefficient (Wildman–Crippen LogP) is 2.27. The standard InChI is InChI=1S/C13H19N5OS/c1-8-6-9-10(15-12(18-14)16-11(9)20-8)17-13(2)4-3-5-19-7-13/h6H,3-5,7,14H2,1-2H3,(H2,15,16,17,18). The Morgan fingerprint density at radius 1 is 1.45 bits per heavy atom. The minimum atomic E-state index is -0.0960. The molecule has 0 amide bonds. The number of nitrogen functional groups attached to an aromatic ring is 1. The highest BCUT2D eigenvalue weighted by molar-refractivity contribution is 7.18. The van der Waals surface area contributed by atoms with Crippen molar-refractivity contribution in [3.63, 3.8) is 0 Å². The number of hydrogen-bond donors (Lipinski definition) is 3. The molecular formula is C13H19N5OS. The molecule has 1 saturated heterocycles. The molecule has 0 spiro atoms. The van der Waals surface area contributed by atoms with Gasteiger partial charge in [0.1, 0.15) is 10.6 Å². The quantitative estimate of drug-likeness (QED) is 0.594. The number of nitrogens with one attached hydrogen (secondary N) is 2. The van der Waals surface area contributed by atoms with Gasteiger partial charge in [0.25, 0.3) is 0 Å². The topological polar surface area (TPSA) is 85.1 Å². The first-order chi connectivity index (χ1) is 9.59. The van der Waals surface area contributed by atoms with Crippen molar-refractivity contribution in [2.24, 2.45) is 5.84 Å². The molecule has 0 radical (unpaired) electrons. The van der Waals surface area contributed by atoms with Crippen LogP contribution in [-0.4, -0.2) is 28.7 Å². The van der Waals surface area contributed by atoms with Gasteiger partial charge >= 0.3 is 0 Å². The Hall–Kier alpha value is -1.44. The smallest absolute Gasteiger partial charge is 0.240 e. The highest BCUT2D eigenvalue weighted by atomic mass is 32.1. The van der Waals surface area contributed by atoms with Gasteiger partial charge in [0.05, 0.1) is 17.5 Å². The first-order valence-electron chi connectivity index (χ1n) is 6.70. The first-order valence-corrected chi connectivity index (χ1v) is 7.52. The number of anilines is 2. The van der Waals surface area contributed by atoms with E-state index in [-0.39, 0.29) is 5.54 Å². The lowest BCUT2D eigenvalue weighted by Gasteiger charge is -2.35. The minimum Gasteiger partial charge on any atom is -0.379 e. The van der Waals surface area contributed by atoms with Crippen LogP contribution in [0.1, 0.15) is 24.6 Å². The van der Waals surface area contributed by atoms with Gasteiger partial charge in [-0.3, -0.25) is 5.43 Å². The summed E-state index contributed by atoms with van der Waals surface area (Å²) >= 11 is 1.64. The van der Waals surface area contributed by atoms with E-state index in [1.165, 1.54) is 4.88 Å². The van der Waals surface area contributed by atoms with Crippen LogP contribution in [0.15, 0.2) is 6.07 Å². The SMILES string of the molecule is Cc1cc2c(NC3(C)CCCOC3)nc(NN)nc2s1. The number of fused-ring (bicyclic) bond motifs is 1. The van der Waals surface area contributed by atoms with Crippen LogP contribution >= 0.6 is 11.3 Å². The number of nitrogens with two attached hydrogens (primary N) is 1. The van der Waals surface area contributed by atoms with Crippen molar-refractivity contribution >= 4 is 33.3 Å². The second-order valence-corrected chi connectivity index (χ2v) is 6.69. The molecule has 0 aromatic carbocycles. The fourth-order valence-corrected chi connectivity index (χ4v) is 3.40. The molecule has 3 rings (SSSR count). The van der Waals surface area contributed by atoms with E-state index >= 15 is 0 Å². The summed E-state index contributed by atoms with van der Waals surface area (Å²) < 4.78 is 5.59. The molecule has 1 atom stereocenters. The molecule has 2 aromatic rings. The Balaban J connectivity index is 2.00. The van der Waals surface area contributed by atoms with Gasteiger partial charge in [-0.05, 0) is 32.8 Å². The van der Waals surface area contributed by atoms with Crippen LogP contribution in [0.3, 0.4) is 0 Å². The van der Waals surface area contributed by atoms with Crippen molar-refractivity contribution in [3.05, 3.63) is 10.9 Å². The number of nitrogens with zero attached hydrogens (tertiary/aromatic N) is 2. The molecule has 1 aliphatic heterocycles. The van der Waals surface area contributed by atoms with Crippen LogP contribution < -0.4 is 16.6 Å². The Morgan fingerprint density at radius 2 is 2.30 bits per heavy atom. The number of ether oxygens (including phenoxy) is 1. The van der Waals surface area contributed by atoms with Gasteiger partial charge in [-0.25, -0.2) is 10.8 Å². The first kappa shape index (κ1) is 13.5. The monoisotopic (exact) mass is 293 g/mol. The van der Waals surface area contributed by atoms with Gasteiger partial charge in [0, 0.05) is 11.5 Å². The molecule has 0 saturated carbocycles. The zero-order chi connectivity index (χ0) is 14.2. The van der Waals surface area contributed by atoms with E-state index in [0.29, 0.717) is 12.6 Å². The molecule has 1 fully saturated rings. The van der Waals surface area contributed by atoms with Crippen molar-refractivity contribution in [2.75, 3.05) is 24.0 Å². The van der Waals surface area contributed by atoms with Crippen molar-refractivity contribution in [2.45, 2.75) is 32.2 Å². The van der Waals surface area contributed by atoms with Gasteiger partial charge < -0.3 is 10.1 Å². The Bertz CT molecular complexity index is 620. The number of rotatable bonds is 3. The zero-order valence-electron chi connectivity index (χ0n) is 11.7. The summed E-state index contributed by atoms with van der Waals surface area (Å²) in [5.41, 5.74) is 2.44. The van der Waals surface area contributed by atoms with E-state index in [9.17, 15) is 0 Å². The molecule has 4 N–H and O–H groups in total. The third-order valence-electron chi connectivity index (χ3n) is 3.50. The summed E-state index contributed by atoms with van der Waals surface area (Å²) in [6.07, 6.45) is 2.12. The van der Waals surface area contributed by atoms with Crippen LogP contribution in [0, 0.1) is 6.92 Å². The van der Waals surface area contributed by atoms with E-state index in [2.05, 4.69) is 40.6 Å². The van der Waals surface area contributed by atoms with Gasteiger partial charge in [-0.2, -0.15) is 4.98 Å². The molecule has 0 aliphatic carbocycles. The van der Waals surface area contributed by atoms with Crippen LogP contribution in [0.5, 0.6) is 0 Å². The lowest BCUT2D eigenvalue weighted by molar-refractivity contribution is 0.0539. The number of aryl methyl sites for hydroxylation is 1. The summed E-state index contributed by atoms with van der Waals surface area (Å²) in [4.78, 5) is 11.0. The zero-order valence-corrected chi connectivity index (χ0v) is 12.5. The third-order valence-corrected chi connectivity index (χ3v) is 4.45. The average molecular weight is 293 g/mol. The number of aromatic nitrogens is 2. The number of thiophene rings is 1. The number of hydrogen-bond acceptors (Lipinski definition) is 7. The summed E-state index contributed by atoms with van der Waals surface area (Å²) in [6, 6.07) is 2.11. The van der Waals surface area contributed by atoms with Crippen LogP contribution in [0.4, 0.5) is 11.8 Å². The molecule has 7 heteroatoms. The highest BCUT2D eigenvalue weighted by Gasteiger charge is 2.28. The van der Waals surface area contributed by atoms with Crippen molar-refractivity contribution < 1.29 is 4.74 Å². The Labute approximate surface area is 121 Å².